The molecule has 2 aromatic heterocycles. The summed E-state index contributed by atoms with van der Waals surface area (Å²) in [6, 6.07) is 31.5. The summed E-state index contributed by atoms with van der Waals surface area (Å²) < 4.78 is 0. The van der Waals surface area contributed by atoms with Crippen LogP contribution in [0.25, 0.3) is 22.2 Å². The van der Waals surface area contributed by atoms with Crippen molar-refractivity contribution >= 4 is 22.5 Å². The molecular formula is C29H22N4O. The maximum absolute atomic E-state index is 13.7. The molecule has 3 heterocycles. The summed E-state index contributed by atoms with van der Waals surface area (Å²) in [5, 5.41) is 7.61. The maximum atomic E-state index is 13.7. The van der Waals surface area contributed by atoms with Crippen LogP contribution in [0.2, 0.25) is 0 Å². The second kappa shape index (κ2) is 8.45. The Morgan fingerprint density at radius 3 is 2.29 bits per heavy atom. The number of nitrogens with zero attached hydrogens (tertiary/aromatic N) is 3. The van der Waals surface area contributed by atoms with Gasteiger partial charge in [-0.2, -0.15) is 5.10 Å². The van der Waals surface area contributed by atoms with Gasteiger partial charge in [0, 0.05) is 46.4 Å². The number of benzene rings is 3. The van der Waals surface area contributed by atoms with Crippen LogP contribution >= 0.6 is 0 Å². The molecule has 0 bridgehead atoms. The van der Waals surface area contributed by atoms with E-state index >= 15 is 0 Å². The van der Waals surface area contributed by atoms with Crippen molar-refractivity contribution < 1.29 is 4.79 Å². The summed E-state index contributed by atoms with van der Waals surface area (Å²) >= 11 is 0. The van der Waals surface area contributed by atoms with E-state index in [1.165, 1.54) is 0 Å². The van der Waals surface area contributed by atoms with Crippen molar-refractivity contribution in [1.82, 2.24) is 15.0 Å². The molecule has 1 unspecified atom stereocenters. The average Bonchev–Trinajstić information content (AvgIpc) is 3.52. The highest BCUT2D eigenvalue weighted by Crippen LogP contribution is 2.42. The van der Waals surface area contributed by atoms with Crippen molar-refractivity contribution in [2.45, 2.75) is 12.5 Å². The molecule has 0 aliphatic carbocycles. The first-order valence-corrected chi connectivity index (χ1v) is 11.3. The average molecular weight is 443 g/mol. The highest BCUT2D eigenvalue weighted by atomic mass is 16.2. The number of hydrogen-bond acceptors (Lipinski definition) is 3. The summed E-state index contributed by atoms with van der Waals surface area (Å²) in [6.45, 7) is 0. The van der Waals surface area contributed by atoms with Gasteiger partial charge < -0.3 is 4.98 Å². The zero-order valence-electron chi connectivity index (χ0n) is 18.4. The molecule has 1 amide bonds. The van der Waals surface area contributed by atoms with Crippen LogP contribution in [0.3, 0.4) is 0 Å². The van der Waals surface area contributed by atoms with Crippen LogP contribution in [0.1, 0.15) is 33.9 Å². The van der Waals surface area contributed by atoms with Gasteiger partial charge in [0.2, 0.25) is 0 Å². The van der Waals surface area contributed by atoms with Crippen molar-refractivity contribution in [3.63, 3.8) is 0 Å². The SMILES string of the molecule is O=C(c1ccccc1)N1N=C(c2cccnc2)CC1c1c(-c2ccccc2)[nH]c2ccccc12. The van der Waals surface area contributed by atoms with Crippen molar-refractivity contribution in [2.24, 2.45) is 5.10 Å². The van der Waals surface area contributed by atoms with E-state index < -0.39 is 0 Å². The smallest absolute Gasteiger partial charge is 0.274 e. The Morgan fingerprint density at radius 2 is 1.53 bits per heavy atom. The van der Waals surface area contributed by atoms with Gasteiger partial charge >= 0.3 is 0 Å². The fraction of sp³-hybridized carbons (Fsp3) is 0.0690. The molecular weight excluding hydrogens is 420 g/mol. The van der Waals surface area contributed by atoms with Gasteiger partial charge in [-0.15, -0.1) is 0 Å². The minimum atomic E-state index is -0.255. The van der Waals surface area contributed by atoms with Crippen LogP contribution in [0.15, 0.2) is 115 Å². The number of aromatic nitrogens is 2. The summed E-state index contributed by atoms with van der Waals surface area (Å²) in [7, 11) is 0. The fourth-order valence-electron chi connectivity index (χ4n) is 4.69. The Bertz CT molecular complexity index is 1490. The second-order valence-electron chi connectivity index (χ2n) is 8.35. The molecule has 34 heavy (non-hydrogen) atoms. The molecule has 0 spiro atoms. The lowest BCUT2D eigenvalue weighted by Crippen LogP contribution is -2.27. The van der Waals surface area contributed by atoms with E-state index in [9.17, 15) is 4.79 Å². The lowest BCUT2D eigenvalue weighted by molar-refractivity contribution is 0.0712. The number of hydrogen-bond donors (Lipinski definition) is 1. The quantitative estimate of drug-likeness (QED) is 0.359. The van der Waals surface area contributed by atoms with Gasteiger partial charge in [-0.05, 0) is 29.8 Å². The Labute approximate surface area is 197 Å². The number of amides is 1. The number of fused-ring (bicyclic) bond motifs is 1. The Kier molecular flexibility index (Phi) is 5.00. The third kappa shape index (κ3) is 3.48. The molecule has 3 aromatic carbocycles. The number of rotatable bonds is 4. The lowest BCUT2D eigenvalue weighted by Gasteiger charge is -2.23. The van der Waals surface area contributed by atoms with Gasteiger partial charge in [0.25, 0.3) is 5.91 Å². The van der Waals surface area contributed by atoms with Crippen molar-refractivity contribution in [3.05, 3.63) is 126 Å². The predicted octanol–water partition coefficient (Wildman–Crippen LogP) is 6.22. The number of H-pyrrole nitrogens is 1. The maximum Gasteiger partial charge on any atom is 0.274 e. The van der Waals surface area contributed by atoms with Crippen molar-refractivity contribution in [2.75, 3.05) is 0 Å². The highest BCUT2D eigenvalue weighted by molar-refractivity contribution is 6.06. The standard InChI is InChI=1S/C29H22N4O/c34-29(21-12-5-2-6-13-21)33-26(18-25(32-33)22-14-9-17-30-19-22)27-23-15-7-8-16-24(23)31-28(27)20-10-3-1-4-11-20/h1-17,19,26,31H,18H2. The van der Waals surface area contributed by atoms with Gasteiger partial charge in [0.05, 0.1) is 17.4 Å². The number of hydrazone groups is 1. The van der Waals surface area contributed by atoms with Crippen LogP contribution in [0.4, 0.5) is 0 Å². The van der Waals surface area contributed by atoms with Gasteiger partial charge in [0.15, 0.2) is 0 Å². The van der Waals surface area contributed by atoms with Gasteiger partial charge in [-0.3, -0.25) is 9.78 Å². The van der Waals surface area contributed by atoms with E-state index in [0.29, 0.717) is 12.0 Å². The summed E-state index contributed by atoms with van der Waals surface area (Å²) in [4.78, 5) is 21.6. The fourth-order valence-corrected chi connectivity index (χ4v) is 4.69. The topological polar surface area (TPSA) is 61.4 Å². The second-order valence-corrected chi connectivity index (χ2v) is 8.35. The molecule has 1 aliphatic rings. The first kappa shape index (κ1) is 20.1. The van der Waals surface area contributed by atoms with E-state index in [1.807, 2.05) is 72.8 Å². The molecule has 0 radical (unpaired) electrons. The molecule has 1 N–H and O–H groups in total. The number of aromatic amines is 1. The lowest BCUT2D eigenvalue weighted by atomic mass is 9.94. The molecule has 6 rings (SSSR count). The number of nitrogens with one attached hydrogen (secondary N) is 1. The third-order valence-electron chi connectivity index (χ3n) is 6.28. The highest BCUT2D eigenvalue weighted by Gasteiger charge is 2.37. The Hall–Kier alpha value is -4.51. The normalized spacial score (nSPS) is 15.5. The molecule has 0 fully saturated rings. The molecule has 164 valence electrons. The molecule has 1 aliphatic heterocycles. The summed E-state index contributed by atoms with van der Waals surface area (Å²) in [5.74, 6) is -0.117. The minimum Gasteiger partial charge on any atom is -0.354 e. The van der Waals surface area contributed by atoms with E-state index in [-0.39, 0.29) is 11.9 Å². The largest absolute Gasteiger partial charge is 0.354 e. The van der Waals surface area contributed by atoms with Crippen molar-refractivity contribution in [3.8, 4) is 11.3 Å². The van der Waals surface area contributed by atoms with E-state index in [1.54, 1.807) is 17.4 Å². The summed E-state index contributed by atoms with van der Waals surface area (Å²) in [5.41, 5.74) is 6.61. The van der Waals surface area contributed by atoms with Crippen LogP contribution in [0.5, 0.6) is 0 Å². The van der Waals surface area contributed by atoms with E-state index in [4.69, 9.17) is 5.10 Å². The first-order valence-electron chi connectivity index (χ1n) is 11.3. The molecule has 0 saturated carbocycles. The Morgan fingerprint density at radius 1 is 0.824 bits per heavy atom. The third-order valence-corrected chi connectivity index (χ3v) is 6.28. The van der Waals surface area contributed by atoms with Crippen LogP contribution in [-0.4, -0.2) is 26.6 Å². The van der Waals surface area contributed by atoms with Gasteiger partial charge in [0.1, 0.15) is 0 Å². The van der Waals surface area contributed by atoms with Gasteiger partial charge in [-0.1, -0.05) is 72.8 Å². The molecule has 0 saturated heterocycles. The number of pyridine rings is 1. The predicted molar refractivity (Wildman–Crippen MR) is 134 cm³/mol. The molecule has 1 atom stereocenters. The zero-order valence-corrected chi connectivity index (χ0v) is 18.4. The van der Waals surface area contributed by atoms with Gasteiger partial charge in [-0.25, -0.2) is 5.01 Å². The number of para-hydroxylation sites is 1. The van der Waals surface area contributed by atoms with Crippen molar-refractivity contribution in [1.29, 1.82) is 0 Å². The van der Waals surface area contributed by atoms with E-state index in [0.717, 1.165) is 39.0 Å². The number of carbonyl (C=O) groups excluding carboxylic acids is 1. The van der Waals surface area contributed by atoms with Crippen LogP contribution in [0, 0.1) is 0 Å². The molecule has 5 aromatic rings. The number of carbonyl (C=O) groups is 1. The first-order chi connectivity index (χ1) is 16.8. The summed E-state index contributed by atoms with van der Waals surface area (Å²) in [6.07, 6.45) is 4.15. The van der Waals surface area contributed by atoms with Crippen LogP contribution in [-0.2, 0) is 0 Å². The monoisotopic (exact) mass is 442 g/mol. The minimum absolute atomic E-state index is 0.117. The van der Waals surface area contributed by atoms with Crippen LogP contribution < -0.4 is 0 Å². The van der Waals surface area contributed by atoms with E-state index in [2.05, 4.69) is 34.2 Å². The zero-order chi connectivity index (χ0) is 22.9. The Balaban J connectivity index is 1.54. The molecule has 5 nitrogen and oxygen atoms in total. The molecule has 5 heteroatoms.